The summed E-state index contributed by atoms with van der Waals surface area (Å²) in [6, 6.07) is 1.50. The van der Waals surface area contributed by atoms with Crippen LogP contribution in [0.15, 0.2) is 6.07 Å². The Kier molecular flexibility index (Phi) is 4.73. The quantitative estimate of drug-likeness (QED) is 0.509. The van der Waals surface area contributed by atoms with Crippen LogP contribution in [0.25, 0.3) is 0 Å². The number of nitrogens with one attached hydrogen (secondary N) is 2. The Hall–Kier alpha value is -1.45. The molecule has 1 unspecified atom stereocenters. The highest BCUT2D eigenvalue weighted by Crippen LogP contribution is 2.18. The lowest BCUT2D eigenvalue weighted by molar-refractivity contribution is 0.178. The summed E-state index contributed by atoms with van der Waals surface area (Å²) in [4.78, 5) is 8.41. The Morgan fingerprint density at radius 1 is 1.45 bits per heavy atom. The van der Waals surface area contributed by atoms with Crippen LogP contribution in [0.3, 0.4) is 0 Å². The molecule has 1 aromatic heterocycles. The predicted octanol–water partition coefficient (Wildman–Crippen LogP) is -0.102. The number of aromatic nitrogens is 2. The Bertz CT molecular complexity index is 563. The minimum absolute atomic E-state index is 0.127. The van der Waals surface area contributed by atoms with Crippen molar-refractivity contribution in [2.24, 2.45) is 5.84 Å². The molecule has 0 amide bonds. The van der Waals surface area contributed by atoms with E-state index in [4.69, 9.17) is 10.6 Å². The lowest BCUT2D eigenvalue weighted by Crippen LogP contribution is -2.35. The van der Waals surface area contributed by atoms with Crippen molar-refractivity contribution >= 4 is 21.5 Å². The Morgan fingerprint density at radius 3 is 2.85 bits per heavy atom. The second-order valence-electron chi connectivity index (χ2n) is 4.73. The molecule has 0 spiro atoms. The van der Waals surface area contributed by atoms with Crippen LogP contribution in [0.2, 0.25) is 0 Å². The van der Waals surface area contributed by atoms with Crippen molar-refractivity contribution in [1.82, 2.24) is 9.97 Å². The molecular weight excluding hydrogens is 282 g/mol. The molecule has 0 saturated carbocycles. The van der Waals surface area contributed by atoms with Crippen LogP contribution in [0.1, 0.15) is 18.7 Å². The lowest BCUT2D eigenvalue weighted by atomic mass is 10.2. The maximum atomic E-state index is 11.6. The Balaban J connectivity index is 2.13. The molecule has 0 radical (unpaired) electrons. The van der Waals surface area contributed by atoms with Gasteiger partial charge in [-0.25, -0.2) is 24.2 Å². The van der Waals surface area contributed by atoms with Crippen molar-refractivity contribution in [1.29, 1.82) is 0 Å². The fourth-order valence-electron chi connectivity index (χ4n) is 2.18. The molecule has 1 saturated heterocycles. The summed E-state index contributed by atoms with van der Waals surface area (Å²) in [5, 5.41) is 3.13. The normalized spacial score (nSPS) is 21.4. The molecule has 2 heterocycles. The smallest absolute Gasteiger partial charge is 0.158 e. The number of anilines is 2. The number of nitrogen functional groups attached to an aromatic ring is 1. The van der Waals surface area contributed by atoms with Crippen LogP contribution in [0.4, 0.5) is 11.6 Å². The molecule has 0 aromatic carbocycles. The average molecular weight is 301 g/mol. The van der Waals surface area contributed by atoms with Gasteiger partial charge in [0.2, 0.25) is 0 Å². The topological polar surface area (TPSA) is 119 Å². The lowest BCUT2D eigenvalue weighted by Gasteiger charge is -2.23. The molecule has 4 N–H and O–H groups in total. The first-order valence-corrected chi connectivity index (χ1v) is 8.15. The molecule has 1 aliphatic heterocycles. The number of nitrogens with zero attached hydrogens (tertiary/aromatic N) is 2. The van der Waals surface area contributed by atoms with Gasteiger partial charge >= 0.3 is 0 Å². The average Bonchev–Trinajstić information content (AvgIpc) is 2.37. The molecule has 8 nitrogen and oxygen atoms in total. The standard InChI is InChI=1S/C11H19N5O3S/c1-19-6-11-14-9(5-10(15-11)16-12)13-8-3-2-4-20(17,18)7-8/h5,8H,2-4,6-7,12H2,1H3,(H2,13,14,15,16). The van der Waals surface area contributed by atoms with Crippen LogP contribution >= 0.6 is 0 Å². The minimum atomic E-state index is -2.96. The van der Waals surface area contributed by atoms with E-state index in [1.807, 2.05) is 0 Å². The van der Waals surface area contributed by atoms with Gasteiger partial charge in [-0.1, -0.05) is 0 Å². The third-order valence-corrected chi connectivity index (χ3v) is 4.83. The van der Waals surface area contributed by atoms with Gasteiger partial charge in [-0.05, 0) is 12.8 Å². The number of sulfone groups is 1. The van der Waals surface area contributed by atoms with E-state index in [2.05, 4.69) is 20.7 Å². The number of hydrazine groups is 1. The summed E-state index contributed by atoms with van der Waals surface area (Å²) in [6.45, 7) is 0.257. The first-order valence-electron chi connectivity index (χ1n) is 6.33. The van der Waals surface area contributed by atoms with Gasteiger partial charge in [-0.2, -0.15) is 0 Å². The van der Waals surface area contributed by atoms with Gasteiger partial charge in [0, 0.05) is 19.2 Å². The van der Waals surface area contributed by atoms with E-state index in [-0.39, 0.29) is 24.2 Å². The van der Waals surface area contributed by atoms with Gasteiger partial charge < -0.3 is 15.5 Å². The summed E-state index contributed by atoms with van der Waals surface area (Å²) in [5.74, 6) is 7.22. The van der Waals surface area contributed by atoms with E-state index < -0.39 is 9.84 Å². The van der Waals surface area contributed by atoms with Crippen molar-refractivity contribution in [2.75, 3.05) is 29.4 Å². The molecule has 2 rings (SSSR count). The van der Waals surface area contributed by atoms with Crippen molar-refractivity contribution in [3.8, 4) is 0 Å². The van der Waals surface area contributed by atoms with Crippen LogP contribution in [-0.4, -0.2) is 43.0 Å². The molecule has 1 atom stereocenters. The second kappa shape index (κ2) is 6.33. The largest absolute Gasteiger partial charge is 0.377 e. The monoisotopic (exact) mass is 301 g/mol. The van der Waals surface area contributed by atoms with E-state index in [9.17, 15) is 8.42 Å². The van der Waals surface area contributed by atoms with E-state index in [1.165, 1.54) is 0 Å². The molecule has 9 heteroatoms. The van der Waals surface area contributed by atoms with Gasteiger partial charge in [-0.15, -0.1) is 0 Å². The number of ether oxygens (including phenoxy) is 1. The summed E-state index contributed by atoms with van der Waals surface area (Å²) in [6.07, 6.45) is 1.46. The summed E-state index contributed by atoms with van der Waals surface area (Å²) >= 11 is 0. The van der Waals surface area contributed by atoms with Crippen LogP contribution in [0, 0.1) is 0 Å². The first kappa shape index (κ1) is 14.9. The summed E-state index contributed by atoms with van der Waals surface area (Å²) in [7, 11) is -1.41. The molecule has 0 aliphatic carbocycles. The number of methoxy groups -OCH3 is 1. The fourth-order valence-corrected chi connectivity index (χ4v) is 3.82. The summed E-state index contributed by atoms with van der Waals surface area (Å²) in [5.41, 5.74) is 2.45. The molecule has 1 aromatic rings. The summed E-state index contributed by atoms with van der Waals surface area (Å²) < 4.78 is 28.2. The van der Waals surface area contributed by atoms with E-state index in [0.29, 0.717) is 23.9 Å². The second-order valence-corrected chi connectivity index (χ2v) is 6.96. The molecule has 20 heavy (non-hydrogen) atoms. The van der Waals surface area contributed by atoms with Gasteiger partial charge in [-0.3, -0.25) is 0 Å². The van der Waals surface area contributed by atoms with Crippen LogP contribution < -0.4 is 16.6 Å². The van der Waals surface area contributed by atoms with Crippen LogP contribution in [0.5, 0.6) is 0 Å². The van der Waals surface area contributed by atoms with E-state index >= 15 is 0 Å². The van der Waals surface area contributed by atoms with Crippen LogP contribution in [-0.2, 0) is 21.2 Å². The highest BCUT2D eigenvalue weighted by Gasteiger charge is 2.25. The maximum absolute atomic E-state index is 11.6. The number of hydrogen-bond acceptors (Lipinski definition) is 8. The molecular formula is C11H19N5O3S. The van der Waals surface area contributed by atoms with E-state index in [0.717, 1.165) is 6.42 Å². The SMILES string of the molecule is COCc1nc(NN)cc(NC2CCCS(=O)(=O)C2)n1. The van der Waals surface area contributed by atoms with Crippen molar-refractivity contribution < 1.29 is 13.2 Å². The van der Waals surface area contributed by atoms with Gasteiger partial charge in [0.25, 0.3) is 0 Å². The highest BCUT2D eigenvalue weighted by molar-refractivity contribution is 7.91. The zero-order chi connectivity index (χ0) is 14.6. The van der Waals surface area contributed by atoms with E-state index in [1.54, 1.807) is 13.2 Å². The third kappa shape index (κ3) is 4.02. The number of hydrogen-bond donors (Lipinski definition) is 3. The third-order valence-electron chi connectivity index (χ3n) is 3.01. The van der Waals surface area contributed by atoms with Crippen molar-refractivity contribution in [2.45, 2.75) is 25.5 Å². The Labute approximate surface area is 118 Å². The van der Waals surface area contributed by atoms with Crippen molar-refractivity contribution in [3.63, 3.8) is 0 Å². The van der Waals surface area contributed by atoms with Gasteiger partial charge in [0.15, 0.2) is 15.7 Å². The predicted molar refractivity (Wildman–Crippen MR) is 75.9 cm³/mol. The zero-order valence-corrected chi connectivity index (χ0v) is 12.1. The maximum Gasteiger partial charge on any atom is 0.158 e. The molecule has 1 fully saturated rings. The number of nitrogens with two attached hydrogens (primary N) is 1. The van der Waals surface area contributed by atoms with Crippen molar-refractivity contribution in [3.05, 3.63) is 11.9 Å². The fraction of sp³-hybridized carbons (Fsp3) is 0.636. The molecule has 112 valence electrons. The minimum Gasteiger partial charge on any atom is -0.377 e. The van der Waals surface area contributed by atoms with Gasteiger partial charge in [0.05, 0.1) is 11.5 Å². The zero-order valence-electron chi connectivity index (χ0n) is 11.3. The van der Waals surface area contributed by atoms with Gasteiger partial charge in [0.1, 0.15) is 18.2 Å². The first-order chi connectivity index (χ1) is 9.52. The molecule has 0 bridgehead atoms. The molecule has 1 aliphatic rings. The Morgan fingerprint density at radius 2 is 2.20 bits per heavy atom. The highest BCUT2D eigenvalue weighted by atomic mass is 32.2. The number of rotatable bonds is 5.